The van der Waals surface area contributed by atoms with Gasteiger partial charge in [-0.05, 0) is 209 Å². The van der Waals surface area contributed by atoms with Crippen LogP contribution in [0.15, 0.2) is 146 Å². The predicted octanol–water partition coefficient (Wildman–Crippen LogP) is 14.5. The van der Waals surface area contributed by atoms with Crippen molar-refractivity contribution in [3.8, 4) is 46.0 Å². The van der Waals surface area contributed by atoms with Gasteiger partial charge in [0.25, 0.3) is 0 Å². The van der Waals surface area contributed by atoms with Crippen molar-refractivity contribution < 1.29 is 76.0 Å². The van der Waals surface area contributed by atoms with Gasteiger partial charge in [-0.3, -0.25) is 0 Å². The van der Waals surface area contributed by atoms with Crippen LogP contribution in [0, 0.1) is 0 Å². The van der Waals surface area contributed by atoms with Crippen molar-refractivity contribution >= 4 is 91.3 Å². The number of fused-ring (bicyclic) bond motifs is 6. The van der Waals surface area contributed by atoms with Gasteiger partial charge in [-0.1, -0.05) is 48.6 Å². The SMILES string of the molecule is COc1ccc(COC(=O)c2cc3cc4cc5c(cc4cc3cc2C(=O)OCc2ccc(OC)c(OC)c2)/C=C\c2cc3cc4cc(C(=O)OCc6ccc(OC)c(OC)c6)c(C(=O)OCc6ccc(OC)c(OC)c6)cc4cc3cc2/C=C\5)cc1OC. The lowest BCUT2D eigenvalue weighted by Gasteiger charge is -2.15. The summed E-state index contributed by atoms with van der Waals surface area (Å²) in [6.07, 6.45) is 8.26. The molecule has 16 nitrogen and oxygen atoms in total. The molecule has 0 radical (unpaired) electrons. The molecule has 11 rings (SSSR count). The zero-order valence-corrected chi connectivity index (χ0v) is 49.5. The monoisotopic (exact) mass is 1180 g/mol. The number of ether oxygens (including phenoxy) is 12. The number of rotatable bonds is 20. The van der Waals surface area contributed by atoms with Gasteiger partial charge in [-0.15, -0.1) is 0 Å². The lowest BCUT2D eigenvalue weighted by atomic mass is 9.91. The summed E-state index contributed by atoms with van der Waals surface area (Å²) < 4.78 is 66.9. The summed E-state index contributed by atoms with van der Waals surface area (Å²) in [6, 6.07) is 43.8. The maximum absolute atomic E-state index is 14.2. The van der Waals surface area contributed by atoms with Crippen LogP contribution in [0.25, 0.3) is 67.4 Å². The fourth-order valence-corrected chi connectivity index (χ4v) is 10.7. The van der Waals surface area contributed by atoms with Crippen molar-refractivity contribution in [3.63, 3.8) is 0 Å². The number of esters is 4. The van der Waals surface area contributed by atoms with Crippen LogP contribution < -0.4 is 37.9 Å². The third-order valence-corrected chi connectivity index (χ3v) is 15.3. The molecule has 444 valence electrons. The summed E-state index contributed by atoms with van der Waals surface area (Å²) in [6.45, 7) is -0.442. The van der Waals surface area contributed by atoms with Crippen LogP contribution in [0.1, 0.15) is 85.9 Å². The number of carbonyl (C=O) groups excluding carboxylic acids is 4. The number of hydrogen-bond acceptors (Lipinski definition) is 16. The fraction of sp³-hybridized carbons (Fsp3) is 0.167. The quantitative estimate of drug-likeness (QED) is 0.0399. The number of carbonyl (C=O) groups is 4. The van der Waals surface area contributed by atoms with E-state index >= 15 is 0 Å². The first kappa shape index (κ1) is 58.8. The Kier molecular flexibility index (Phi) is 17.2. The summed E-state index contributed by atoms with van der Waals surface area (Å²) in [5.74, 6) is 1.10. The molecule has 10 aromatic carbocycles. The summed E-state index contributed by atoms with van der Waals surface area (Å²) in [4.78, 5) is 56.6. The fourth-order valence-electron chi connectivity index (χ4n) is 10.7. The van der Waals surface area contributed by atoms with Crippen LogP contribution in [-0.4, -0.2) is 80.8 Å². The first-order chi connectivity index (χ1) is 42.8. The van der Waals surface area contributed by atoms with Crippen LogP contribution in [0.2, 0.25) is 0 Å². The number of benzene rings is 10. The second-order valence-electron chi connectivity index (χ2n) is 20.6. The topological polar surface area (TPSA) is 179 Å². The smallest absolute Gasteiger partial charge is 0.339 e. The van der Waals surface area contributed by atoms with Crippen molar-refractivity contribution in [2.24, 2.45) is 0 Å². The van der Waals surface area contributed by atoms with Crippen molar-refractivity contribution in [1.82, 2.24) is 0 Å². The van der Waals surface area contributed by atoms with E-state index in [1.165, 1.54) is 56.9 Å². The zero-order valence-electron chi connectivity index (χ0n) is 49.5. The maximum Gasteiger partial charge on any atom is 0.339 e. The van der Waals surface area contributed by atoms with Gasteiger partial charge in [-0.2, -0.15) is 0 Å². The maximum atomic E-state index is 14.2. The van der Waals surface area contributed by atoms with Crippen molar-refractivity contribution in [2.45, 2.75) is 26.4 Å². The molecule has 0 saturated carbocycles. The van der Waals surface area contributed by atoms with E-state index in [0.29, 0.717) is 89.8 Å². The van der Waals surface area contributed by atoms with Gasteiger partial charge in [-0.25, -0.2) is 19.2 Å². The molecule has 0 fully saturated rings. The Morgan fingerprint density at radius 2 is 0.432 bits per heavy atom. The van der Waals surface area contributed by atoms with E-state index in [1.54, 1.807) is 97.1 Å². The van der Waals surface area contributed by atoms with Gasteiger partial charge in [0.15, 0.2) is 46.0 Å². The molecule has 0 N–H and O–H groups in total. The van der Waals surface area contributed by atoms with Crippen molar-refractivity contribution in [1.29, 1.82) is 0 Å². The highest BCUT2D eigenvalue weighted by atomic mass is 16.6. The zero-order chi connectivity index (χ0) is 61.6. The average Bonchev–Trinajstić information content (AvgIpc) is 1.92. The molecule has 16 heteroatoms. The van der Waals surface area contributed by atoms with E-state index < -0.39 is 23.9 Å². The standard InChI is InChI=1S/C72H60O16/c1-77-61-17-9-41(21-65(61)81-5)37-85-69(73)57-33-53-29-49-25-45-13-14-47-27-51-31-55-35-59(71(75)87-39-43-11-19-63(79-3)67(23-43)83-7)60(72(76)88-40-44-12-20-64(80-4)68(24-44)84-8)36-56(55)32-52(51)28-48(47)16-15-46(45)26-50(49)30-54(53)34-58(57)70(74)86-38-42-10-18-62(78-2)66(22-42)82-6/h9-36H,37-40H2,1-8H3/b14-13-,16-15-,45-13?,46-15?,47-14?,48-16?. The second-order valence-corrected chi connectivity index (χ2v) is 20.6. The van der Waals surface area contributed by atoms with Crippen molar-refractivity contribution in [2.75, 3.05) is 56.9 Å². The summed E-state index contributed by atoms with van der Waals surface area (Å²) >= 11 is 0. The largest absolute Gasteiger partial charge is 0.493 e. The highest BCUT2D eigenvalue weighted by molar-refractivity contribution is 6.12. The lowest BCUT2D eigenvalue weighted by molar-refractivity contribution is 0.0425. The van der Waals surface area contributed by atoms with Gasteiger partial charge in [0.1, 0.15) is 26.4 Å². The Labute approximate surface area is 506 Å². The summed E-state index contributed by atoms with van der Waals surface area (Å²) in [7, 11) is 12.2. The second kappa shape index (κ2) is 25.7. The Morgan fingerprint density at radius 3 is 0.625 bits per heavy atom. The first-order valence-electron chi connectivity index (χ1n) is 27.8. The third kappa shape index (κ3) is 12.3. The highest BCUT2D eigenvalue weighted by Gasteiger charge is 2.25. The summed E-state index contributed by atoms with van der Waals surface area (Å²) in [5.41, 5.74) is 6.49. The highest BCUT2D eigenvalue weighted by Crippen LogP contribution is 2.37. The molecule has 88 heavy (non-hydrogen) atoms. The van der Waals surface area contributed by atoms with E-state index in [4.69, 9.17) is 56.8 Å². The number of hydrogen-bond donors (Lipinski definition) is 0. The molecular weight excluding hydrogens is 1120 g/mol. The Bertz CT molecular complexity index is 3920. The Morgan fingerprint density at radius 1 is 0.239 bits per heavy atom. The molecule has 0 aliphatic heterocycles. The average molecular weight is 1180 g/mol. The third-order valence-electron chi connectivity index (χ3n) is 15.3. The van der Waals surface area contributed by atoms with Crippen molar-refractivity contribution in [3.05, 3.63) is 212 Å². The van der Waals surface area contributed by atoms with Gasteiger partial charge in [0, 0.05) is 0 Å². The van der Waals surface area contributed by atoms with E-state index in [9.17, 15) is 19.2 Å². The minimum atomic E-state index is -0.723. The van der Waals surface area contributed by atoms with Gasteiger partial charge < -0.3 is 56.8 Å². The lowest BCUT2D eigenvalue weighted by Crippen LogP contribution is -2.14. The molecule has 0 aromatic heterocycles. The van der Waals surface area contributed by atoms with Crippen LogP contribution in [0.4, 0.5) is 0 Å². The Balaban J connectivity index is 0.914. The molecule has 10 aromatic rings. The minimum absolute atomic E-state index is 0.0305. The van der Waals surface area contributed by atoms with E-state index in [1.807, 2.05) is 24.3 Å². The minimum Gasteiger partial charge on any atom is -0.493 e. The van der Waals surface area contributed by atoms with E-state index in [0.717, 1.165) is 43.8 Å². The van der Waals surface area contributed by atoms with Crippen LogP contribution >= 0.6 is 0 Å². The predicted molar refractivity (Wildman–Crippen MR) is 335 cm³/mol. The molecule has 1 aliphatic rings. The van der Waals surface area contributed by atoms with E-state index in [-0.39, 0.29) is 48.7 Å². The molecule has 0 heterocycles. The Hall–Kier alpha value is -11.0. The van der Waals surface area contributed by atoms with Crippen LogP contribution in [-0.2, 0) is 45.4 Å². The molecule has 1 aliphatic carbocycles. The van der Waals surface area contributed by atoms with Gasteiger partial charge in [0.05, 0.1) is 79.1 Å². The first-order valence-corrected chi connectivity index (χ1v) is 27.8. The molecule has 0 unspecified atom stereocenters. The summed E-state index contributed by atoms with van der Waals surface area (Å²) in [5, 5.41) is 6.37. The molecule has 0 bridgehead atoms. The van der Waals surface area contributed by atoms with Gasteiger partial charge >= 0.3 is 23.9 Å². The molecule has 0 amide bonds. The van der Waals surface area contributed by atoms with Crippen LogP contribution in [0.5, 0.6) is 46.0 Å². The van der Waals surface area contributed by atoms with Crippen LogP contribution in [0.3, 0.4) is 0 Å². The molecule has 0 saturated heterocycles. The molecule has 0 atom stereocenters. The number of methoxy groups -OCH3 is 8. The normalized spacial score (nSPS) is 12.2. The van der Waals surface area contributed by atoms with Gasteiger partial charge in [0.2, 0.25) is 0 Å². The molecule has 0 spiro atoms. The van der Waals surface area contributed by atoms with E-state index in [2.05, 4.69) is 48.6 Å². The molecular formula is C72H60O16.